The molecule has 218 valence electrons. The molecule has 41 heavy (non-hydrogen) atoms. The molecule has 11 nitrogen and oxygen atoms in total. The molecule has 2 atom stereocenters. The lowest BCUT2D eigenvalue weighted by Crippen LogP contribution is -2.59. The summed E-state index contributed by atoms with van der Waals surface area (Å²) in [4.78, 5) is 31.7. The van der Waals surface area contributed by atoms with E-state index in [0.29, 0.717) is 18.2 Å². The highest BCUT2D eigenvalue weighted by molar-refractivity contribution is 6.14. The average molecular weight is 561 g/mol. The number of allylic oxidation sites excluding steroid dienone is 3. The fraction of sp³-hybridized carbons (Fsp3) is 0.567. The molecule has 3 aromatic heterocycles. The third-order valence-electron chi connectivity index (χ3n) is 8.62. The zero-order chi connectivity index (χ0) is 28.5. The molecule has 0 amide bonds. The number of aromatic amines is 1. The number of hydrogen-bond acceptors (Lipinski definition) is 9. The summed E-state index contributed by atoms with van der Waals surface area (Å²) < 4.78 is 13.4. The summed E-state index contributed by atoms with van der Waals surface area (Å²) in [5.41, 5.74) is 4.67. The third kappa shape index (κ3) is 5.65. The van der Waals surface area contributed by atoms with E-state index in [1.54, 1.807) is 7.05 Å². The zero-order valence-electron chi connectivity index (χ0n) is 24.2. The van der Waals surface area contributed by atoms with Gasteiger partial charge in [0.2, 0.25) is 11.8 Å². The molecule has 0 bridgehead atoms. The molecule has 2 aliphatic heterocycles. The highest BCUT2D eigenvalue weighted by atomic mass is 16.5. The summed E-state index contributed by atoms with van der Waals surface area (Å²) >= 11 is 0. The molecule has 3 fully saturated rings. The van der Waals surface area contributed by atoms with Crippen molar-refractivity contribution >= 4 is 28.8 Å². The first-order valence-corrected chi connectivity index (χ1v) is 14.8. The Labute approximate surface area is 239 Å². The number of fused-ring (bicyclic) bond motifs is 2. The summed E-state index contributed by atoms with van der Waals surface area (Å²) in [6.45, 7) is 12.5. The van der Waals surface area contributed by atoms with Gasteiger partial charge < -0.3 is 19.5 Å². The van der Waals surface area contributed by atoms with Crippen LogP contribution in [0.2, 0.25) is 0 Å². The number of ether oxygens (including phenoxy) is 1. The van der Waals surface area contributed by atoms with Gasteiger partial charge in [-0.15, -0.1) is 0 Å². The van der Waals surface area contributed by atoms with E-state index in [1.165, 1.54) is 25.7 Å². The maximum absolute atomic E-state index is 11.8. The van der Waals surface area contributed by atoms with Gasteiger partial charge in [0.15, 0.2) is 0 Å². The fourth-order valence-electron chi connectivity index (χ4n) is 6.60. The molecule has 0 radical (unpaired) electrons. The first kappa shape index (κ1) is 27.6. The standard InChI is InChI=1S/C30H40N8O3/c1-18(2)13-21(15-31-4)26-27-22(14-23(33-26)28-35-30(39)41-36-28)34-29(38(27)17-20-7-5-19(3)6-8-20)37-11-12-40-25-16-32-10-9-24(25)37/h13-15,19-20,24-25,32H,1,5-12,16-17H2,2-4H3,(H,35,36,39)/b21-13+,31-15?. The lowest BCUT2D eigenvalue weighted by atomic mass is 9.83. The van der Waals surface area contributed by atoms with Crippen molar-refractivity contribution in [2.45, 2.75) is 64.6 Å². The number of anilines is 1. The van der Waals surface area contributed by atoms with Crippen LogP contribution in [0.25, 0.3) is 28.1 Å². The summed E-state index contributed by atoms with van der Waals surface area (Å²) in [6, 6.07) is 2.15. The molecule has 3 aromatic rings. The fourth-order valence-corrected chi connectivity index (χ4v) is 6.60. The van der Waals surface area contributed by atoms with Crippen LogP contribution >= 0.6 is 0 Å². The largest absolute Gasteiger partial charge is 0.439 e. The topological polar surface area (TPSA) is 126 Å². The number of aliphatic imine (C=N–C) groups is 1. The Bertz CT molecular complexity index is 1520. The van der Waals surface area contributed by atoms with Crippen molar-refractivity contribution in [1.29, 1.82) is 0 Å². The second-order valence-corrected chi connectivity index (χ2v) is 11.8. The van der Waals surface area contributed by atoms with Crippen molar-refractivity contribution in [2.75, 3.05) is 38.2 Å². The lowest BCUT2D eigenvalue weighted by molar-refractivity contribution is -0.00116. The van der Waals surface area contributed by atoms with Crippen LogP contribution in [0.4, 0.5) is 5.95 Å². The maximum Gasteiger partial charge on any atom is 0.439 e. The van der Waals surface area contributed by atoms with Crippen molar-refractivity contribution in [3.8, 4) is 11.5 Å². The van der Waals surface area contributed by atoms with Crippen molar-refractivity contribution in [3.63, 3.8) is 0 Å². The predicted molar refractivity (Wildman–Crippen MR) is 160 cm³/mol. The van der Waals surface area contributed by atoms with Crippen LogP contribution in [0.15, 0.2) is 38.6 Å². The van der Waals surface area contributed by atoms with E-state index in [0.717, 1.165) is 72.3 Å². The van der Waals surface area contributed by atoms with Crippen molar-refractivity contribution in [3.05, 3.63) is 40.5 Å². The van der Waals surface area contributed by atoms with Crippen LogP contribution in [0.1, 0.15) is 51.6 Å². The van der Waals surface area contributed by atoms with Crippen molar-refractivity contribution < 1.29 is 9.26 Å². The minimum Gasteiger partial charge on any atom is -0.373 e. The van der Waals surface area contributed by atoms with E-state index in [9.17, 15) is 4.79 Å². The smallest absolute Gasteiger partial charge is 0.373 e. The number of morpholine rings is 1. The van der Waals surface area contributed by atoms with Crippen LogP contribution in [-0.2, 0) is 11.3 Å². The minimum atomic E-state index is -0.626. The molecule has 6 rings (SSSR count). The lowest BCUT2D eigenvalue weighted by Gasteiger charge is -2.44. The number of rotatable bonds is 7. The monoisotopic (exact) mass is 560 g/mol. The number of pyridine rings is 1. The number of nitrogens with zero attached hydrogens (tertiary/aromatic N) is 6. The Morgan fingerprint density at radius 2 is 2.07 bits per heavy atom. The Balaban J connectivity index is 1.58. The Morgan fingerprint density at radius 3 is 2.80 bits per heavy atom. The second kappa shape index (κ2) is 11.7. The Morgan fingerprint density at radius 1 is 1.24 bits per heavy atom. The first-order chi connectivity index (χ1) is 19.9. The van der Waals surface area contributed by atoms with Gasteiger partial charge in [-0.2, -0.15) is 0 Å². The van der Waals surface area contributed by atoms with Crippen LogP contribution in [0.5, 0.6) is 0 Å². The summed E-state index contributed by atoms with van der Waals surface area (Å²) in [7, 11) is 1.75. The zero-order valence-corrected chi connectivity index (χ0v) is 24.2. The second-order valence-electron chi connectivity index (χ2n) is 11.8. The van der Waals surface area contributed by atoms with E-state index in [-0.39, 0.29) is 18.0 Å². The molecule has 11 heteroatoms. The summed E-state index contributed by atoms with van der Waals surface area (Å²) in [5, 5.41) is 7.42. The quantitative estimate of drug-likeness (QED) is 0.330. The highest BCUT2D eigenvalue weighted by Crippen LogP contribution is 2.37. The normalized spacial score (nSPS) is 25.6. The molecule has 1 aliphatic carbocycles. The van der Waals surface area contributed by atoms with Gasteiger partial charge >= 0.3 is 5.76 Å². The molecule has 3 aliphatic rings. The Hall–Kier alpha value is -3.57. The van der Waals surface area contributed by atoms with Gasteiger partial charge in [-0.3, -0.25) is 14.5 Å². The van der Waals surface area contributed by atoms with E-state index in [1.807, 2.05) is 25.3 Å². The predicted octanol–water partition coefficient (Wildman–Crippen LogP) is 3.83. The third-order valence-corrected chi connectivity index (χ3v) is 8.62. The van der Waals surface area contributed by atoms with Gasteiger partial charge in [0, 0.05) is 38.5 Å². The number of nitrogens with one attached hydrogen (secondary N) is 2. The number of aromatic nitrogens is 5. The van der Waals surface area contributed by atoms with Crippen LogP contribution in [0.3, 0.4) is 0 Å². The molecule has 2 N–H and O–H groups in total. The molecular weight excluding hydrogens is 520 g/mol. The molecule has 5 heterocycles. The SMILES string of the molecule is C=C(C)/C=C(\C=NC)c1nc(-c2noc(=O)[nH]2)cc2nc(N3CCOC4CNCCC43)n(CC3CCC(C)CC3)c12. The van der Waals surface area contributed by atoms with E-state index < -0.39 is 5.76 Å². The van der Waals surface area contributed by atoms with Gasteiger partial charge in [0.1, 0.15) is 5.69 Å². The molecule has 2 unspecified atom stereocenters. The van der Waals surface area contributed by atoms with Crippen LogP contribution in [-0.4, -0.2) is 76.3 Å². The van der Waals surface area contributed by atoms with Crippen molar-refractivity contribution in [2.24, 2.45) is 16.8 Å². The Kier molecular flexibility index (Phi) is 7.90. The van der Waals surface area contributed by atoms with Gasteiger partial charge in [0.05, 0.1) is 35.5 Å². The summed E-state index contributed by atoms with van der Waals surface area (Å²) in [5.74, 6) is 1.92. The van der Waals surface area contributed by atoms with Crippen LogP contribution in [0, 0.1) is 11.8 Å². The van der Waals surface area contributed by atoms with Gasteiger partial charge in [0.25, 0.3) is 0 Å². The molecule has 0 aromatic carbocycles. The highest BCUT2D eigenvalue weighted by Gasteiger charge is 2.37. The van der Waals surface area contributed by atoms with Gasteiger partial charge in [-0.25, -0.2) is 14.8 Å². The molecule has 1 saturated carbocycles. The minimum absolute atomic E-state index is 0.126. The van der Waals surface area contributed by atoms with E-state index in [4.69, 9.17) is 19.2 Å². The molecule has 2 saturated heterocycles. The maximum atomic E-state index is 11.8. The average Bonchev–Trinajstić information content (AvgIpc) is 3.56. The molecular formula is C30H40N8O3. The number of hydrogen-bond donors (Lipinski definition) is 2. The summed E-state index contributed by atoms with van der Waals surface area (Å²) in [6.07, 6.45) is 9.81. The van der Waals surface area contributed by atoms with Gasteiger partial charge in [-0.1, -0.05) is 37.1 Å². The number of piperidine rings is 1. The van der Waals surface area contributed by atoms with E-state index >= 15 is 0 Å². The van der Waals surface area contributed by atoms with E-state index in [2.05, 4.69) is 43.4 Å². The molecule has 0 spiro atoms. The number of imidazole rings is 1. The van der Waals surface area contributed by atoms with Crippen LogP contribution < -0.4 is 16.0 Å². The van der Waals surface area contributed by atoms with Crippen molar-refractivity contribution in [1.82, 2.24) is 30.0 Å². The van der Waals surface area contributed by atoms with Gasteiger partial charge in [-0.05, 0) is 56.7 Å². The first-order valence-electron chi connectivity index (χ1n) is 14.8. The number of H-pyrrole nitrogens is 1.